The number of halogens is 2. The Hall–Kier alpha value is -0.940. The molecule has 3 heteroatoms. The Labute approximate surface area is 127 Å². The first-order valence-corrected chi connectivity index (χ1v) is 7.51. The Morgan fingerprint density at radius 2 is 1.79 bits per heavy atom. The second kappa shape index (κ2) is 7.01. The van der Waals surface area contributed by atoms with Crippen LogP contribution in [-0.2, 0) is 6.42 Å². The van der Waals surface area contributed by atoms with E-state index in [-0.39, 0.29) is 11.9 Å². The van der Waals surface area contributed by atoms with Crippen molar-refractivity contribution in [3.05, 3.63) is 69.0 Å². The molecule has 19 heavy (non-hydrogen) atoms. The lowest BCUT2D eigenvalue weighted by Crippen LogP contribution is -2.23. The summed E-state index contributed by atoms with van der Waals surface area (Å²) < 4.78 is 15.0. The third kappa shape index (κ3) is 4.01. The van der Waals surface area contributed by atoms with E-state index in [1.165, 1.54) is 15.2 Å². The normalized spacial score (nSPS) is 12.4. The molecule has 2 aromatic carbocycles. The molecular weight excluding hydrogens is 352 g/mol. The maximum atomic E-state index is 13.7. The van der Waals surface area contributed by atoms with Crippen molar-refractivity contribution < 1.29 is 4.39 Å². The van der Waals surface area contributed by atoms with E-state index in [4.69, 9.17) is 0 Å². The molecule has 1 nitrogen and oxygen atoms in total. The van der Waals surface area contributed by atoms with Crippen molar-refractivity contribution in [2.24, 2.45) is 0 Å². The van der Waals surface area contributed by atoms with Gasteiger partial charge in [0, 0.05) is 9.61 Å². The zero-order valence-electron chi connectivity index (χ0n) is 10.9. The van der Waals surface area contributed by atoms with Gasteiger partial charge in [-0.25, -0.2) is 4.39 Å². The van der Waals surface area contributed by atoms with Crippen LogP contribution in [-0.4, -0.2) is 6.54 Å². The molecule has 0 aliphatic rings. The van der Waals surface area contributed by atoms with Crippen molar-refractivity contribution in [3.8, 4) is 0 Å². The van der Waals surface area contributed by atoms with Gasteiger partial charge in [-0.1, -0.05) is 37.3 Å². The molecule has 0 saturated heterocycles. The molecule has 0 heterocycles. The zero-order valence-corrected chi connectivity index (χ0v) is 13.0. The average molecular weight is 369 g/mol. The highest BCUT2D eigenvalue weighted by atomic mass is 127. The SMILES string of the molecule is CCNC(Cc1ccccc1F)c1ccc(I)cc1. The van der Waals surface area contributed by atoms with E-state index >= 15 is 0 Å². The summed E-state index contributed by atoms with van der Waals surface area (Å²) in [6.45, 7) is 2.94. The number of rotatable bonds is 5. The van der Waals surface area contributed by atoms with Gasteiger partial charge < -0.3 is 5.32 Å². The number of benzene rings is 2. The van der Waals surface area contributed by atoms with E-state index in [0.717, 1.165) is 12.1 Å². The lowest BCUT2D eigenvalue weighted by atomic mass is 9.98. The number of likely N-dealkylation sites (N-methyl/N-ethyl adjacent to an activating group) is 1. The highest BCUT2D eigenvalue weighted by molar-refractivity contribution is 14.1. The van der Waals surface area contributed by atoms with E-state index in [2.05, 4.69) is 59.1 Å². The third-order valence-electron chi connectivity index (χ3n) is 3.10. The molecule has 1 unspecified atom stereocenters. The minimum atomic E-state index is -0.129. The van der Waals surface area contributed by atoms with Crippen LogP contribution >= 0.6 is 22.6 Å². The van der Waals surface area contributed by atoms with E-state index in [9.17, 15) is 4.39 Å². The molecular formula is C16H17FIN. The summed E-state index contributed by atoms with van der Waals surface area (Å²) in [7, 11) is 0. The molecule has 0 saturated carbocycles. The fourth-order valence-electron chi connectivity index (χ4n) is 2.13. The molecule has 0 aromatic heterocycles. The lowest BCUT2D eigenvalue weighted by Gasteiger charge is -2.19. The Balaban J connectivity index is 2.21. The molecule has 100 valence electrons. The first-order valence-electron chi connectivity index (χ1n) is 6.43. The predicted octanol–water partition coefficient (Wildman–Crippen LogP) is 4.32. The third-order valence-corrected chi connectivity index (χ3v) is 3.82. The molecule has 0 amide bonds. The molecule has 0 fully saturated rings. The Kier molecular flexibility index (Phi) is 5.34. The van der Waals surface area contributed by atoms with Crippen LogP contribution in [0.5, 0.6) is 0 Å². The van der Waals surface area contributed by atoms with Crippen molar-refractivity contribution >= 4 is 22.6 Å². The summed E-state index contributed by atoms with van der Waals surface area (Å²) in [5.74, 6) is -0.129. The highest BCUT2D eigenvalue weighted by Crippen LogP contribution is 2.21. The van der Waals surface area contributed by atoms with Crippen molar-refractivity contribution in [1.82, 2.24) is 5.32 Å². The van der Waals surface area contributed by atoms with Crippen LogP contribution in [0.4, 0.5) is 4.39 Å². The van der Waals surface area contributed by atoms with Crippen LogP contribution in [0, 0.1) is 9.39 Å². The largest absolute Gasteiger partial charge is 0.310 e. The quantitative estimate of drug-likeness (QED) is 0.774. The first kappa shape index (κ1) is 14.5. The molecule has 1 atom stereocenters. The van der Waals surface area contributed by atoms with Gasteiger partial charge in [-0.15, -0.1) is 0 Å². The van der Waals surface area contributed by atoms with Crippen molar-refractivity contribution in [1.29, 1.82) is 0 Å². The van der Waals surface area contributed by atoms with Gasteiger partial charge in [-0.2, -0.15) is 0 Å². The monoisotopic (exact) mass is 369 g/mol. The van der Waals surface area contributed by atoms with E-state index in [0.29, 0.717) is 6.42 Å². The van der Waals surface area contributed by atoms with Gasteiger partial charge in [0.15, 0.2) is 0 Å². The van der Waals surface area contributed by atoms with Crippen LogP contribution in [0.3, 0.4) is 0 Å². The smallest absolute Gasteiger partial charge is 0.126 e. The van der Waals surface area contributed by atoms with Gasteiger partial charge in [0.25, 0.3) is 0 Å². The van der Waals surface area contributed by atoms with Gasteiger partial charge in [0.05, 0.1) is 0 Å². The van der Waals surface area contributed by atoms with Gasteiger partial charge in [0.2, 0.25) is 0 Å². The summed E-state index contributed by atoms with van der Waals surface area (Å²) in [5.41, 5.74) is 1.96. The molecule has 0 aliphatic heterocycles. The zero-order chi connectivity index (χ0) is 13.7. The fourth-order valence-corrected chi connectivity index (χ4v) is 2.49. The predicted molar refractivity (Wildman–Crippen MR) is 85.7 cm³/mol. The average Bonchev–Trinajstić information content (AvgIpc) is 2.42. The second-order valence-corrected chi connectivity index (χ2v) is 5.70. The molecule has 0 bridgehead atoms. The second-order valence-electron chi connectivity index (χ2n) is 4.46. The van der Waals surface area contributed by atoms with Crippen molar-refractivity contribution in [2.75, 3.05) is 6.54 Å². The molecule has 2 rings (SSSR count). The van der Waals surface area contributed by atoms with Crippen LogP contribution in [0.25, 0.3) is 0 Å². The van der Waals surface area contributed by atoms with Gasteiger partial charge in [0.1, 0.15) is 5.82 Å². The maximum Gasteiger partial charge on any atom is 0.126 e. The van der Waals surface area contributed by atoms with E-state index < -0.39 is 0 Å². The molecule has 0 spiro atoms. The summed E-state index contributed by atoms with van der Waals surface area (Å²) in [6, 6.07) is 15.5. The summed E-state index contributed by atoms with van der Waals surface area (Å²) in [5, 5.41) is 3.42. The van der Waals surface area contributed by atoms with Crippen molar-refractivity contribution in [3.63, 3.8) is 0 Å². The van der Waals surface area contributed by atoms with Crippen LogP contribution in [0.1, 0.15) is 24.1 Å². The summed E-state index contributed by atoms with van der Waals surface area (Å²) in [6.07, 6.45) is 0.668. The van der Waals surface area contributed by atoms with Crippen molar-refractivity contribution in [2.45, 2.75) is 19.4 Å². The maximum absolute atomic E-state index is 13.7. The summed E-state index contributed by atoms with van der Waals surface area (Å²) in [4.78, 5) is 0. The van der Waals surface area contributed by atoms with Gasteiger partial charge in [-0.05, 0) is 64.9 Å². The van der Waals surface area contributed by atoms with Gasteiger partial charge in [-0.3, -0.25) is 0 Å². The Bertz CT molecular complexity index is 525. The molecule has 0 radical (unpaired) electrons. The molecule has 2 aromatic rings. The van der Waals surface area contributed by atoms with E-state index in [1.54, 1.807) is 6.07 Å². The van der Waals surface area contributed by atoms with Crippen LogP contribution in [0.2, 0.25) is 0 Å². The number of hydrogen-bond acceptors (Lipinski definition) is 1. The fraction of sp³-hybridized carbons (Fsp3) is 0.250. The van der Waals surface area contributed by atoms with Crippen LogP contribution < -0.4 is 5.32 Å². The first-order chi connectivity index (χ1) is 9.20. The summed E-state index contributed by atoms with van der Waals surface area (Å²) >= 11 is 2.29. The lowest BCUT2D eigenvalue weighted by molar-refractivity contribution is 0.528. The van der Waals surface area contributed by atoms with E-state index in [1.807, 2.05) is 12.1 Å². The number of hydrogen-bond donors (Lipinski definition) is 1. The molecule has 1 N–H and O–H groups in total. The topological polar surface area (TPSA) is 12.0 Å². The Morgan fingerprint density at radius 3 is 2.42 bits per heavy atom. The van der Waals surface area contributed by atoms with Gasteiger partial charge >= 0.3 is 0 Å². The number of nitrogens with one attached hydrogen (secondary N) is 1. The highest BCUT2D eigenvalue weighted by Gasteiger charge is 2.13. The standard InChI is InChI=1S/C16H17FIN/c1-2-19-16(12-7-9-14(18)10-8-12)11-13-5-3-4-6-15(13)17/h3-10,16,19H,2,11H2,1H3. The Morgan fingerprint density at radius 1 is 1.11 bits per heavy atom. The minimum absolute atomic E-state index is 0.129. The molecule has 0 aliphatic carbocycles. The van der Waals surface area contributed by atoms with Crippen LogP contribution in [0.15, 0.2) is 48.5 Å². The minimum Gasteiger partial charge on any atom is -0.310 e.